The summed E-state index contributed by atoms with van der Waals surface area (Å²) in [6.07, 6.45) is 7.71. The molecule has 2 N–H and O–H groups in total. The number of hydrogen-bond donors (Lipinski definition) is 3. The number of nitrogens with one attached hydrogen (secondary N) is 2. The van der Waals surface area contributed by atoms with Crippen molar-refractivity contribution in [2.24, 2.45) is 10.3 Å². The SMILES string of the molecule is COCCCN1C(=O)c2cccc3c(NC(=O)C4CCN(SC5=CC=CC(=N)/C5=N\S)CC4)ccc1c23. The molecule has 37 heavy (non-hydrogen) atoms. The summed E-state index contributed by atoms with van der Waals surface area (Å²) >= 11 is 5.58. The van der Waals surface area contributed by atoms with E-state index < -0.39 is 0 Å². The largest absolute Gasteiger partial charge is 0.385 e. The maximum atomic E-state index is 13.2. The van der Waals surface area contributed by atoms with Crippen LogP contribution in [-0.2, 0) is 9.53 Å². The molecule has 5 rings (SSSR count). The van der Waals surface area contributed by atoms with Crippen molar-refractivity contribution in [1.82, 2.24) is 4.31 Å². The van der Waals surface area contributed by atoms with Crippen molar-refractivity contribution in [2.45, 2.75) is 19.3 Å². The van der Waals surface area contributed by atoms with Gasteiger partial charge in [0, 0.05) is 61.3 Å². The van der Waals surface area contributed by atoms with Crippen molar-refractivity contribution in [3.05, 3.63) is 59.0 Å². The number of carbonyl (C=O) groups excluding carboxylic acids is 2. The summed E-state index contributed by atoms with van der Waals surface area (Å²) in [6, 6.07) is 9.53. The highest BCUT2D eigenvalue weighted by Gasteiger charge is 2.31. The van der Waals surface area contributed by atoms with E-state index in [-0.39, 0.29) is 17.7 Å². The first kappa shape index (κ1) is 25.7. The lowest BCUT2D eigenvalue weighted by Gasteiger charge is -2.31. The van der Waals surface area contributed by atoms with Crippen LogP contribution in [0.5, 0.6) is 0 Å². The number of hydrogen-bond acceptors (Lipinski definition) is 8. The zero-order chi connectivity index (χ0) is 25.9. The van der Waals surface area contributed by atoms with E-state index in [2.05, 4.69) is 26.8 Å². The van der Waals surface area contributed by atoms with Crippen molar-refractivity contribution in [3.8, 4) is 0 Å². The first-order valence-electron chi connectivity index (χ1n) is 12.3. The molecule has 0 saturated carbocycles. The summed E-state index contributed by atoms with van der Waals surface area (Å²) in [4.78, 5) is 29.0. The normalized spacial score (nSPS) is 19.2. The van der Waals surface area contributed by atoms with Gasteiger partial charge in [0.2, 0.25) is 5.91 Å². The molecule has 8 nitrogen and oxygen atoms in total. The highest BCUT2D eigenvalue weighted by molar-refractivity contribution is 8.02. The van der Waals surface area contributed by atoms with Gasteiger partial charge in [-0.3, -0.25) is 15.0 Å². The fourth-order valence-electron chi connectivity index (χ4n) is 5.03. The Morgan fingerprint density at radius 2 is 2.08 bits per heavy atom. The Kier molecular flexibility index (Phi) is 7.80. The van der Waals surface area contributed by atoms with E-state index in [0.29, 0.717) is 30.1 Å². The van der Waals surface area contributed by atoms with Crippen LogP contribution in [0.3, 0.4) is 0 Å². The van der Waals surface area contributed by atoms with Crippen LogP contribution in [0.2, 0.25) is 0 Å². The van der Waals surface area contributed by atoms with Gasteiger partial charge in [-0.2, -0.15) is 0 Å². The van der Waals surface area contributed by atoms with Gasteiger partial charge in [0.05, 0.1) is 16.3 Å². The number of thiol groups is 1. The summed E-state index contributed by atoms with van der Waals surface area (Å²) in [6.45, 7) is 2.70. The lowest BCUT2D eigenvalue weighted by Crippen LogP contribution is -2.35. The molecule has 1 saturated heterocycles. The van der Waals surface area contributed by atoms with Crippen LogP contribution in [0.25, 0.3) is 10.8 Å². The molecule has 10 heteroatoms. The number of benzene rings is 2. The number of methoxy groups -OCH3 is 1. The maximum Gasteiger partial charge on any atom is 0.258 e. The summed E-state index contributed by atoms with van der Waals surface area (Å²) < 4.78 is 11.3. The Morgan fingerprint density at radius 1 is 1.27 bits per heavy atom. The van der Waals surface area contributed by atoms with Gasteiger partial charge >= 0.3 is 0 Å². The maximum absolute atomic E-state index is 13.2. The minimum Gasteiger partial charge on any atom is -0.385 e. The van der Waals surface area contributed by atoms with Crippen LogP contribution < -0.4 is 10.2 Å². The van der Waals surface area contributed by atoms with Crippen LogP contribution in [0.4, 0.5) is 11.4 Å². The molecule has 2 aromatic carbocycles. The van der Waals surface area contributed by atoms with Crippen molar-refractivity contribution < 1.29 is 14.3 Å². The summed E-state index contributed by atoms with van der Waals surface area (Å²) in [5.41, 5.74) is 3.22. The lowest BCUT2D eigenvalue weighted by atomic mass is 9.96. The minimum absolute atomic E-state index is 0.00474. The average Bonchev–Trinajstić information content (AvgIpc) is 3.18. The van der Waals surface area contributed by atoms with Gasteiger partial charge in [0.1, 0.15) is 5.71 Å². The third-order valence-corrected chi connectivity index (χ3v) is 8.27. The van der Waals surface area contributed by atoms with Crippen LogP contribution >= 0.6 is 24.8 Å². The fraction of sp³-hybridized carbons (Fsp3) is 0.333. The van der Waals surface area contributed by atoms with E-state index >= 15 is 0 Å². The predicted octanol–water partition coefficient (Wildman–Crippen LogP) is 4.89. The Hall–Kier alpha value is -2.92. The molecule has 0 atom stereocenters. The molecule has 1 fully saturated rings. The number of ether oxygens (including phenoxy) is 1. The monoisotopic (exact) mass is 535 g/mol. The Morgan fingerprint density at radius 3 is 2.84 bits per heavy atom. The molecule has 2 heterocycles. The van der Waals surface area contributed by atoms with Gasteiger partial charge in [0.25, 0.3) is 5.91 Å². The molecule has 1 aliphatic carbocycles. The molecule has 2 amide bonds. The van der Waals surface area contributed by atoms with Gasteiger partial charge in [-0.15, -0.1) is 0 Å². The average molecular weight is 536 g/mol. The zero-order valence-corrected chi connectivity index (χ0v) is 22.3. The second-order valence-electron chi connectivity index (χ2n) is 9.20. The molecule has 0 unspecified atom stereocenters. The molecule has 0 bridgehead atoms. The first-order chi connectivity index (χ1) is 18.0. The van der Waals surface area contributed by atoms with E-state index in [1.807, 2.05) is 42.5 Å². The van der Waals surface area contributed by atoms with Crippen LogP contribution in [0.15, 0.2) is 57.9 Å². The topological polar surface area (TPSA) is 98.1 Å². The molecule has 0 radical (unpaired) electrons. The second-order valence-corrected chi connectivity index (χ2v) is 10.5. The number of nitrogens with zero attached hydrogens (tertiary/aromatic N) is 3. The lowest BCUT2D eigenvalue weighted by molar-refractivity contribution is -0.120. The van der Waals surface area contributed by atoms with E-state index in [9.17, 15) is 9.59 Å². The molecule has 0 spiro atoms. The van der Waals surface area contributed by atoms with Crippen molar-refractivity contribution in [2.75, 3.05) is 43.6 Å². The van der Waals surface area contributed by atoms with Crippen LogP contribution in [0.1, 0.15) is 29.6 Å². The molecule has 2 aromatic rings. The third kappa shape index (κ3) is 5.11. The molecule has 0 aromatic heterocycles. The van der Waals surface area contributed by atoms with Gasteiger partial charge in [-0.05, 0) is 74.4 Å². The standard InChI is InChI=1S/C27H29N5O3S2/c1-35-16-4-13-32-22-10-9-21(18-5-2-6-19(24(18)22)27(32)34)29-26(33)17-11-14-31(15-12-17)37-23-8-3-7-20(28)25(23)30-36/h2-3,5-10,17,28,36H,4,11-16H2,1H3,(H,29,33)/b28-20?,30-25+. The number of allylic oxidation sites excluding steroid dienone is 4. The number of piperidine rings is 1. The van der Waals surface area contributed by atoms with Crippen LogP contribution in [0, 0.1) is 11.3 Å². The van der Waals surface area contributed by atoms with E-state index in [4.69, 9.17) is 10.1 Å². The van der Waals surface area contributed by atoms with Crippen LogP contribution in [-0.4, -0.2) is 60.9 Å². The Bertz CT molecular complexity index is 1350. The summed E-state index contributed by atoms with van der Waals surface area (Å²) in [5.74, 6) is -0.0932. The molecular weight excluding hydrogens is 506 g/mol. The highest BCUT2D eigenvalue weighted by atomic mass is 32.2. The molecular formula is C27H29N5O3S2. The first-order valence-corrected chi connectivity index (χ1v) is 13.5. The van der Waals surface area contributed by atoms with E-state index in [0.717, 1.165) is 59.4 Å². The van der Waals surface area contributed by atoms with Crippen molar-refractivity contribution in [3.63, 3.8) is 0 Å². The minimum atomic E-state index is -0.0939. The fourth-order valence-corrected chi connectivity index (χ4v) is 6.36. The van der Waals surface area contributed by atoms with Crippen molar-refractivity contribution >= 4 is 70.1 Å². The summed E-state index contributed by atoms with van der Waals surface area (Å²) in [7, 11) is 1.66. The Labute approximate surface area is 226 Å². The molecule has 3 aliphatic rings. The van der Waals surface area contributed by atoms with Gasteiger partial charge in [-0.1, -0.05) is 18.2 Å². The van der Waals surface area contributed by atoms with Crippen molar-refractivity contribution in [1.29, 1.82) is 5.41 Å². The number of carbonyl (C=O) groups is 2. The number of anilines is 2. The number of rotatable bonds is 8. The summed E-state index contributed by atoms with van der Waals surface area (Å²) in [5, 5.41) is 12.9. The zero-order valence-electron chi connectivity index (χ0n) is 20.6. The van der Waals surface area contributed by atoms with E-state index in [1.165, 1.54) is 0 Å². The smallest absolute Gasteiger partial charge is 0.258 e. The number of amides is 2. The van der Waals surface area contributed by atoms with Gasteiger partial charge in [0.15, 0.2) is 0 Å². The van der Waals surface area contributed by atoms with Gasteiger partial charge < -0.3 is 15.0 Å². The van der Waals surface area contributed by atoms with E-state index in [1.54, 1.807) is 30.0 Å². The Balaban J connectivity index is 1.25. The third-order valence-electron chi connectivity index (χ3n) is 6.92. The highest BCUT2D eigenvalue weighted by Crippen LogP contribution is 2.41. The van der Waals surface area contributed by atoms with Gasteiger partial charge in [-0.25, -0.2) is 8.70 Å². The molecule has 192 valence electrons. The second kappa shape index (κ2) is 11.2. The quantitative estimate of drug-likeness (QED) is 0.193. The predicted molar refractivity (Wildman–Crippen MR) is 154 cm³/mol. The molecule has 2 aliphatic heterocycles.